The van der Waals surface area contributed by atoms with Crippen LogP contribution in [-0.2, 0) is 0 Å². The van der Waals surface area contributed by atoms with E-state index < -0.39 is 17.6 Å². The summed E-state index contributed by atoms with van der Waals surface area (Å²) in [6, 6.07) is 13.5. The third-order valence-electron chi connectivity index (χ3n) is 3.49. The highest BCUT2D eigenvalue weighted by Crippen LogP contribution is 2.32. The van der Waals surface area contributed by atoms with Crippen LogP contribution in [0.25, 0.3) is 22.3 Å². The molecule has 0 aliphatic carbocycles. The highest BCUT2D eigenvalue weighted by molar-refractivity contribution is 5.74. The summed E-state index contributed by atoms with van der Waals surface area (Å²) in [5.74, 6) is -1.76. The van der Waals surface area contributed by atoms with E-state index in [0.717, 1.165) is 0 Å². The van der Waals surface area contributed by atoms with Crippen molar-refractivity contribution in [2.75, 3.05) is 0 Å². The second-order valence-electron chi connectivity index (χ2n) is 4.92. The minimum absolute atomic E-state index is 0.0157. The van der Waals surface area contributed by atoms with Gasteiger partial charge < -0.3 is 0 Å². The van der Waals surface area contributed by atoms with E-state index in [4.69, 9.17) is 0 Å². The molecule has 0 aliphatic heterocycles. The monoisotopic (exact) mass is 299 g/mol. The van der Waals surface area contributed by atoms with Gasteiger partial charge in [-0.1, -0.05) is 36.4 Å². The van der Waals surface area contributed by atoms with Gasteiger partial charge in [-0.2, -0.15) is 4.39 Å². The molecule has 0 bridgehead atoms. The first-order chi connectivity index (χ1) is 10.6. The average molecular weight is 299 g/mol. The Morgan fingerprint density at radius 2 is 1.18 bits per heavy atom. The van der Waals surface area contributed by atoms with Crippen molar-refractivity contribution in [1.82, 2.24) is 4.98 Å². The maximum Gasteiger partial charge on any atom is 0.221 e. The standard InChI is InChI=1S/C18H12F3N/c1-11-14(12-6-2-4-8-16(12)19)10-15(18(21)22-11)13-7-3-5-9-17(13)20/h2-10H,1H3. The van der Waals surface area contributed by atoms with Gasteiger partial charge in [0.25, 0.3) is 0 Å². The highest BCUT2D eigenvalue weighted by Gasteiger charge is 2.16. The number of aromatic nitrogens is 1. The van der Waals surface area contributed by atoms with E-state index in [9.17, 15) is 13.2 Å². The topological polar surface area (TPSA) is 12.9 Å². The Morgan fingerprint density at radius 3 is 1.73 bits per heavy atom. The first-order valence-corrected chi connectivity index (χ1v) is 6.75. The summed E-state index contributed by atoms with van der Waals surface area (Å²) in [5, 5.41) is 0. The Kier molecular flexibility index (Phi) is 3.67. The van der Waals surface area contributed by atoms with Crippen molar-refractivity contribution >= 4 is 0 Å². The highest BCUT2D eigenvalue weighted by atomic mass is 19.1. The minimum Gasteiger partial charge on any atom is -0.224 e. The molecule has 0 radical (unpaired) electrons. The third kappa shape index (κ3) is 2.48. The number of rotatable bonds is 2. The van der Waals surface area contributed by atoms with Crippen LogP contribution >= 0.6 is 0 Å². The Morgan fingerprint density at radius 1 is 0.682 bits per heavy atom. The maximum atomic E-state index is 14.1. The summed E-state index contributed by atoms with van der Waals surface area (Å²) >= 11 is 0. The summed E-state index contributed by atoms with van der Waals surface area (Å²) in [6.07, 6.45) is 0. The molecule has 0 amide bonds. The lowest BCUT2D eigenvalue weighted by Crippen LogP contribution is -1.98. The van der Waals surface area contributed by atoms with Crippen LogP contribution in [0.15, 0.2) is 54.6 Å². The second-order valence-corrected chi connectivity index (χ2v) is 4.92. The predicted octanol–water partition coefficient (Wildman–Crippen LogP) is 5.14. The molecule has 1 heterocycles. The molecule has 110 valence electrons. The van der Waals surface area contributed by atoms with Gasteiger partial charge in [0.1, 0.15) is 11.6 Å². The van der Waals surface area contributed by atoms with Crippen molar-refractivity contribution < 1.29 is 13.2 Å². The van der Waals surface area contributed by atoms with Gasteiger partial charge in [-0.25, -0.2) is 13.8 Å². The molecule has 3 rings (SSSR count). The maximum absolute atomic E-state index is 14.1. The fourth-order valence-electron chi connectivity index (χ4n) is 2.40. The van der Waals surface area contributed by atoms with Gasteiger partial charge in [-0.15, -0.1) is 0 Å². The largest absolute Gasteiger partial charge is 0.224 e. The molecule has 0 spiro atoms. The van der Waals surface area contributed by atoms with Crippen LogP contribution in [0.5, 0.6) is 0 Å². The lowest BCUT2D eigenvalue weighted by atomic mass is 9.98. The van der Waals surface area contributed by atoms with Crippen LogP contribution in [0.1, 0.15) is 5.69 Å². The van der Waals surface area contributed by atoms with E-state index >= 15 is 0 Å². The molecule has 2 aromatic carbocycles. The Labute approximate surface area is 126 Å². The van der Waals surface area contributed by atoms with Gasteiger partial charge in [0.05, 0.1) is 0 Å². The SMILES string of the molecule is Cc1nc(F)c(-c2ccccc2F)cc1-c1ccccc1F. The Bertz CT molecular complexity index is 777. The minimum atomic E-state index is -0.775. The van der Waals surface area contributed by atoms with Gasteiger partial charge in [-0.05, 0) is 25.1 Å². The number of hydrogen-bond donors (Lipinski definition) is 0. The molecule has 0 saturated heterocycles. The van der Waals surface area contributed by atoms with Crippen molar-refractivity contribution in [2.24, 2.45) is 0 Å². The van der Waals surface area contributed by atoms with Crippen LogP contribution in [0.2, 0.25) is 0 Å². The number of benzene rings is 2. The summed E-state index contributed by atoms with van der Waals surface area (Å²) < 4.78 is 42.0. The molecule has 0 aliphatic rings. The summed E-state index contributed by atoms with van der Waals surface area (Å²) in [6.45, 7) is 1.59. The molecule has 4 heteroatoms. The zero-order chi connectivity index (χ0) is 15.7. The van der Waals surface area contributed by atoms with E-state index in [2.05, 4.69) is 4.98 Å². The van der Waals surface area contributed by atoms with Crippen LogP contribution in [0.3, 0.4) is 0 Å². The Balaban J connectivity index is 2.25. The molecule has 1 nitrogen and oxygen atoms in total. The molecule has 0 unspecified atom stereocenters. The fraction of sp³-hybridized carbons (Fsp3) is 0.0556. The molecule has 22 heavy (non-hydrogen) atoms. The zero-order valence-corrected chi connectivity index (χ0v) is 11.8. The van der Waals surface area contributed by atoms with Crippen molar-refractivity contribution in [3.8, 4) is 22.3 Å². The van der Waals surface area contributed by atoms with E-state index in [1.165, 1.54) is 30.3 Å². The first kappa shape index (κ1) is 14.3. The molecule has 0 saturated carbocycles. The van der Waals surface area contributed by atoms with Gasteiger partial charge in [0.2, 0.25) is 5.95 Å². The smallest absolute Gasteiger partial charge is 0.221 e. The van der Waals surface area contributed by atoms with Gasteiger partial charge in [0.15, 0.2) is 0 Å². The van der Waals surface area contributed by atoms with E-state index in [1.54, 1.807) is 31.2 Å². The molecule has 1 aromatic heterocycles. The molecule has 0 fully saturated rings. The van der Waals surface area contributed by atoms with Crippen LogP contribution in [-0.4, -0.2) is 4.98 Å². The van der Waals surface area contributed by atoms with Gasteiger partial charge in [0, 0.05) is 27.9 Å². The number of nitrogens with zero attached hydrogens (tertiary/aromatic N) is 1. The van der Waals surface area contributed by atoms with Gasteiger partial charge >= 0.3 is 0 Å². The number of aryl methyl sites for hydroxylation is 1. The zero-order valence-electron chi connectivity index (χ0n) is 11.8. The van der Waals surface area contributed by atoms with E-state index in [1.807, 2.05) is 0 Å². The van der Waals surface area contributed by atoms with Crippen LogP contribution in [0, 0.1) is 24.5 Å². The molecule has 0 atom stereocenters. The second kappa shape index (κ2) is 5.64. The van der Waals surface area contributed by atoms with E-state index in [0.29, 0.717) is 16.8 Å². The quantitative estimate of drug-likeness (QED) is 0.597. The fourth-order valence-corrected chi connectivity index (χ4v) is 2.40. The third-order valence-corrected chi connectivity index (χ3v) is 3.49. The predicted molar refractivity (Wildman–Crippen MR) is 79.7 cm³/mol. The molecular formula is C18H12F3N. The normalized spacial score (nSPS) is 10.7. The number of halogens is 3. The van der Waals surface area contributed by atoms with E-state index in [-0.39, 0.29) is 11.1 Å². The summed E-state index contributed by atoms with van der Waals surface area (Å²) in [5.41, 5.74) is 1.22. The summed E-state index contributed by atoms with van der Waals surface area (Å²) in [4.78, 5) is 3.81. The van der Waals surface area contributed by atoms with Crippen molar-refractivity contribution in [3.63, 3.8) is 0 Å². The van der Waals surface area contributed by atoms with Crippen molar-refractivity contribution in [1.29, 1.82) is 0 Å². The summed E-state index contributed by atoms with van der Waals surface area (Å²) in [7, 11) is 0. The Hall–Kier alpha value is -2.62. The first-order valence-electron chi connectivity index (χ1n) is 6.75. The molecular weight excluding hydrogens is 287 g/mol. The van der Waals surface area contributed by atoms with Crippen LogP contribution < -0.4 is 0 Å². The number of hydrogen-bond acceptors (Lipinski definition) is 1. The van der Waals surface area contributed by atoms with Crippen LogP contribution in [0.4, 0.5) is 13.2 Å². The molecule has 0 N–H and O–H groups in total. The van der Waals surface area contributed by atoms with Crippen molar-refractivity contribution in [2.45, 2.75) is 6.92 Å². The number of pyridine rings is 1. The molecule has 3 aromatic rings. The lowest BCUT2D eigenvalue weighted by Gasteiger charge is -2.11. The van der Waals surface area contributed by atoms with Crippen molar-refractivity contribution in [3.05, 3.63) is 77.9 Å². The van der Waals surface area contributed by atoms with Gasteiger partial charge in [-0.3, -0.25) is 0 Å². The average Bonchev–Trinajstić information content (AvgIpc) is 2.50. The lowest BCUT2D eigenvalue weighted by molar-refractivity contribution is 0.579.